The number of pyridine rings is 2. The molecule has 15 nitrogen and oxygen atoms in total. The van der Waals surface area contributed by atoms with E-state index in [-0.39, 0.29) is 11.1 Å². The van der Waals surface area contributed by atoms with Gasteiger partial charge in [0.25, 0.3) is 24.3 Å². The molecule has 0 unspecified atom stereocenters. The normalized spacial score (nSPS) is 31.9. The van der Waals surface area contributed by atoms with E-state index in [0.717, 1.165) is 6.66 Å². The number of rotatable bonds is 8. The molecule has 4 rings (SSSR count). The predicted octanol–water partition coefficient (Wildman–Crippen LogP) is -2.83. The number of aliphatic hydroxyl groups is 4. The molecular weight excluding hydrogens is 515 g/mol. The second kappa shape index (κ2) is 10.5. The topological polar surface area (TPSA) is 229 Å². The standard InChI is InChI=1S/C21H25N4O11P/c1-37(32,35-20-14(28)12(26)18(33-20)24-6-2-4-10(8-24)16(22)30)36-21-15(29)13(27)19(34-21)25-7-3-5-11(9-25)17(23)31/h2-9,12-15,18-21,26-29H,1H3,(H2-2,22,23,30,31)/p+2/t12-,13-,14+,15+,18-,19-,20-,21-/m1/s1. The van der Waals surface area contributed by atoms with Crippen LogP contribution in [0.25, 0.3) is 0 Å². The zero-order valence-electron chi connectivity index (χ0n) is 19.4. The highest BCUT2D eigenvalue weighted by Crippen LogP contribution is 2.50. The molecule has 2 amide bonds. The lowest BCUT2D eigenvalue weighted by Crippen LogP contribution is -2.46. The number of hydrogen-bond donors (Lipinski definition) is 6. The zero-order valence-corrected chi connectivity index (χ0v) is 20.3. The lowest BCUT2D eigenvalue weighted by molar-refractivity contribution is -0.767. The number of carbonyl (C=O) groups excluding carboxylic acids is 2. The van der Waals surface area contributed by atoms with Gasteiger partial charge in [0, 0.05) is 18.8 Å². The van der Waals surface area contributed by atoms with Gasteiger partial charge in [0.05, 0.1) is 0 Å². The van der Waals surface area contributed by atoms with Crippen molar-refractivity contribution in [2.45, 2.75) is 49.5 Å². The lowest BCUT2D eigenvalue weighted by Gasteiger charge is -2.23. The van der Waals surface area contributed by atoms with E-state index in [1.165, 1.54) is 58.2 Å². The number of nitrogens with two attached hydrogens (primary N) is 2. The van der Waals surface area contributed by atoms with Gasteiger partial charge in [-0.1, -0.05) is 0 Å². The average Bonchev–Trinajstić information content (AvgIpc) is 3.28. The number of aliphatic hydroxyl groups excluding tert-OH is 4. The summed E-state index contributed by atoms with van der Waals surface area (Å²) < 4.78 is 37.3. The summed E-state index contributed by atoms with van der Waals surface area (Å²) in [7, 11) is -4.16. The summed E-state index contributed by atoms with van der Waals surface area (Å²) in [4.78, 5) is 22.9. The molecule has 2 saturated heterocycles. The maximum absolute atomic E-state index is 13.1. The fraction of sp³-hybridized carbons (Fsp3) is 0.429. The highest BCUT2D eigenvalue weighted by Gasteiger charge is 2.54. The van der Waals surface area contributed by atoms with Gasteiger partial charge in [0.1, 0.15) is 23.3 Å². The SMILES string of the molecule is CP(=O)(O[C@H]1O[C@@H]([n+]2cccc(C(N)=O)c2)[C@H](O)[C@@H]1O)O[C@H]1O[C@@H]([n+]2cccc(C(N)=O)c2)[C@H](O)[C@@H]1O. The van der Waals surface area contributed by atoms with Crippen LogP contribution in [0, 0.1) is 0 Å². The van der Waals surface area contributed by atoms with Gasteiger partial charge in [-0.05, 0) is 12.1 Å². The Morgan fingerprint density at radius 2 is 1.19 bits per heavy atom. The van der Waals surface area contributed by atoms with Gasteiger partial charge in [-0.2, -0.15) is 9.13 Å². The third-order valence-corrected chi connectivity index (χ3v) is 6.96. The van der Waals surface area contributed by atoms with Crippen molar-refractivity contribution in [3.63, 3.8) is 0 Å². The Kier molecular flexibility index (Phi) is 7.71. The molecule has 2 fully saturated rings. The van der Waals surface area contributed by atoms with Gasteiger partial charge < -0.3 is 31.9 Å². The molecule has 2 aliphatic rings. The van der Waals surface area contributed by atoms with E-state index < -0.39 is 68.9 Å². The van der Waals surface area contributed by atoms with Crippen LogP contribution in [0.2, 0.25) is 0 Å². The first-order valence-corrected chi connectivity index (χ1v) is 13.0. The van der Waals surface area contributed by atoms with E-state index in [2.05, 4.69) is 0 Å². The van der Waals surface area contributed by atoms with Crippen LogP contribution in [-0.4, -0.2) is 75.9 Å². The summed E-state index contributed by atoms with van der Waals surface area (Å²) in [6.07, 6.45) is -6.69. The average molecular weight is 542 g/mol. The van der Waals surface area contributed by atoms with E-state index in [1.54, 1.807) is 0 Å². The third-order valence-electron chi connectivity index (χ3n) is 5.78. The Bertz CT molecular complexity index is 1140. The summed E-state index contributed by atoms with van der Waals surface area (Å²) in [5.41, 5.74) is 10.8. The molecule has 0 radical (unpaired) electrons. The van der Waals surface area contributed by atoms with Crippen molar-refractivity contribution < 1.29 is 62.2 Å². The molecule has 200 valence electrons. The Morgan fingerprint density at radius 3 is 1.54 bits per heavy atom. The molecule has 0 aliphatic carbocycles. The molecule has 2 aliphatic heterocycles. The summed E-state index contributed by atoms with van der Waals surface area (Å²) >= 11 is 0. The van der Waals surface area contributed by atoms with Crippen LogP contribution in [0.1, 0.15) is 33.2 Å². The van der Waals surface area contributed by atoms with Crippen LogP contribution in [0.4, 0.5) is 0 Å². The molecule has 8 atom stereocenters. The minimum Gasteiger partial charge on any atom is -0.385 e. The quantitative estimate of drug-likeness (QED) is 0.147. The second-order valence-corrected chi connectivity index (χ2v) is 10.5. The van der Waals surface area contributed by atoms with Crippen LogP contribution in [0.3, 0.4) is 0 Å². The van der Waals surface area contributed by atoms with Crippen LogP contribution in [0.5, 0.6) is 0 Å². The maximum atomic E-state index is 13.1. The molecular formula is C21H27N4O11P+2. The summed E-state index contributed by atoms with van der Waals surface area (Å²) in [5.74, 6) is -1.45. The Hall–Kier alpha value is -2.85. The first kappa shape index (κ1) is 27.2. The second-order valence-electron chi connectivity index (χ2n) is 8.54. The van der Waals surface area contributed by atoms with Gasteiger partial charge in [-0.3, -0.25) is 32.7 Å². The van der Waals surface area contributed by atoms with Gasteiger partial charge in [0.15, 0.2) is 37.0 Å². The van der Waals surface area contributed by atoms with E-state index in [9.17, 15) is 34.6 Å². The van der Waals surface area contributed by atoms with Gasteiger partial charge in [-0.15, -0.1) is 0 Å². The summed E-state index contributed by atoms with van der Waals surface area (Å²) in [6.45, 7) is 1.01. The van der Waals surface area contributed by atoms with Crippen LogP contribution in [0.15, 0.2) is 49.1 Å². The molecule has 16 heteroatoms. The highest BCUT2D eigenvalue weighted by molar-refractivity contribution is 7.53. The molecule has 2 aromatic rings. The number of aromatic nitrogens is 2. The predicted molar refractivity (Wildman–Crippen MR) is 118 cm³/mol. The first-order chi connectivity index (χ1) is 17.4. The molecule has 0 aromatic carbocycles. The van der Waals surface area contributed by atoms with E-state index >= 15 is 0 Å². The van der Waals surface area contributed by atoms with E-state index in [1.807, 2.05) is 0 Å². The van der Waals surface area contributed by atoms with E-state index in [0.29, 0.717) is 0 Å². The number of primary amides is 2. The summed E-state index contributed by atoms with van der Waals surface area (Å²) in [6, 6.07) is 5.83. The van der Waals surface area contributed by atoms with Crippen molar-refractivity contribution in [3.8, 4) is 0 Å². The van der Waals surface area contributed by atoms with Crippen LogP contribution in [-0.2, 0) is 23.1 Å². The number of nitrogens with zero attached hydrogens (tertiary/aromatic N) is 2. The van der Waals surface area contributed by atoms with Crippen LogP contribution < -0.4 is 20.6 Å². The Morgan fingerprint density at radius 1 is 0.811 bits per heavy atom. The molecule has 0 spiro atoms. The molecule has 0 saturated carbocycles. The lowest BCUT2D eigenvalue weighted by atomic mass is 10.2. The van der Waals surface area contributed by atoms with Crippen molar-refractivity contribution in [1.82, 2.24) is 0 Å². The minimum atomic E-state index is -4.16. The first-order valence-electron chi connectivity index (χ1n) is 11.0. The zero-order chi connectivity index (χ0) is 27.1. The fourth-order valence-corrected chi connectivity index (χ4v) is 5.07. The minimum absolute atomic E-state index is 0.112. The largest absolute Gasteiger partial charge is 0.385 e. The summed E-state index contributed by atoms with van der Waals surface area (Å²) in [5, 5.41) is 41.7. The van der Waals surface area contributed by atoms with Crippen molar-refractivity contribution in [3.05, 3.63) is 60.2 Å². The monoisotopic (exact) mass is 542 g/mol. The molecule has 8 N–H and O–H groups in total. The maximum Gasteiger partial charge on any atom is 0.332 e. The fourth-order valence-electron chi connectivity index (χ4n) is 3.92. The van der Waals surface area contributed by atoms with Gasteiger partial charge in [-0.25, -0.2) is 0 Å². The van der Waals surface area contributed by atoms with E-state index in [4.69, 9.17) is 30.0 Å². The third kappa shape index (κ3) is 5.70. The van der Waals surface area contributed by atoms with Crippen molar-refractivity contribution in [2.75, 3.05) is 6.66 Å². The number of carbonyl (C=O) groups is 2. The number of amides is 2. The highest BCUT2D eigenvalue weighted by atomic mass is 31.2. The number of hydrogen-bond acceptors (Lipinski definition) is 11. The molecule has 37 heavy (non-hydrogen) atoms. The van der Waals surface area contributed by atoms with Gasteiger partial charge in [0.2, 0.25) is 12.6 Å². The molecule has 2 aromatic heterocycles. The molecule has 0 bridgehead atoms. The smallest absolute Gasteiger partial charge is 0.332 e. The Balaban J connectivity index is 1.44. The molecule has 4 heterocycles. The van der Waals surface area contributed by atoms with Gasteiger partial charge >= 0.3 is 7.60 Å². The van der Waals surface area contributed by atoms with Crippen molar-refractivity contribution in [2.24, 2.45) is 11.5 Å². The van der Waals surface area contributed by atoms with Crippen molar-refractivity contribution >= 4 is 19.4 Å². The van der Waals surface area contributed by atoms with Crippen LogP contribution >= 0.6 is 7.60 Å². The Labute approximate surface area is 209 Å². The number of ether oxygens (including phenoxy) is 2. The van der Waals surface area contributed by atoms with Crippen molar-refractivity contribution in [1.29, 1.82) is 0 Å².